The fraction of sp³-hybridized carbons (Fsp3) is 0.412. The summed E-state index contributed by atoms with van der Waals surface area (Å²) in [5.41, 5.74) is -0.118. The lowest BCUT2D eigenvalue weighted by molar-refractivity contribution is -0.140. The molecular formula is C17H20F2N2O4. The van der Waals surface area contributed by atoms with E-state index in [1.807, 2.05) is 0 Å². The lowest BCUT2D eigenvalue weighted by Gasteiger charge is -2.35. The quantitative estimate of drug-likeness (QED) is 0.630. The van der Waals surface area contributed by atoms with Crippen molar-refractivity contribution in [1.29, 1.82) is 0 Å². The standard InChI is InChI=1S/C17H20F2N2O4/c1-4-21-10(2)13(16(22)25-9-8-24-3)15(20-17(21)23)14-11(18)6-5-7-12(14)19/h5-7,15H,4,8-9H2,1-3H3,(H,20,23)/t15-/m1/s1. The lowest BCUT2D eigenvalue weighted by atomic mass is 9.94. The summed E-state index contributed by atoms with van der Waals surface area (Å²) >= 11 is 0. The molecule has 1 atom stereocenters. The summed E-state index contributed by atoms with van der Waals surface area (Å²) < 4.78 is 38.4. The first-order valence-electron chi connectivity index (χ1n) is 7.81. The molecule has 1 aromatic rings. The van der Waals surface area contributed by atoms with E-state index >= 15 is 0 Å². The van der Waals surface area contributed by atoms with Crippen LogP contribution in [0.15, 0.2) is 29.5 Å². The zero-order valence-electron chi connectivity index (χ0n) is 14.3. The normalized spacial score (nSPS) is 17.6. The Labute approximate surface area is 144 Å². The molecule has 2 rings (SSSR count). The fourth-order valence-corrected chi connectivity index (χ4v) is 2.72. The number of esters is 1. The molecule has 0 radical (unpaired) electrons. The van der Waals surface area contributed by atoms with Gasteiger partial charge in [0.25, 0.3) is 0 Å². The predicted molar refractivity (Wildman–Crippen MR) is 85.5 cm³/mol. The van der Waals surface area contributed by atoms with Gasteiger partial charge in [-0.2, -0.15) is 0 Å². The maximum absolute atomic E-state index is 14.2. The van der Waals surface area contributed by atoms with E-state index in [2.05, 4.69) is 5.32 Å². The number of allylic oxidation sites excluding steroid dienone is 1. The topological polar surface area (TPSA) is 67.9 Å². The van der Waals surface area contributed by atoms with Crippen molar-refractivity contribution in [1.82, 2.24) is 10.2 Å². The highest BCUT2D eigenvalue weighted by Gasteiger charge is 2.38. The summed E-state index contributed by atoms with van der Waals surface area (Å²) in [6.07, 6.45) is 0. The summed E-state index contributed by atoms with van der Waals surface area (Å²) in [6, 6.07) is 1.54. The average Bonchev–Trinajstić information content (AvgIpc) is 2.55. The molecule has 0 bridgehead atoms. The first-order chi connectivity index (χ1) is 11.9. The number of amides is 2. The van der Waals surface area contributed by atoms with E-state index in [0.717, 1.165) is 12.1 Å². The monoisotopic (exact) mass is 354 g/mol. The Morgan fingerprint density at radius 3 is 2.48 bits per heavy atom. The second-order valence-electron chi connectivity index (χ2n) is 5.39. The van der Waals surface area contributed by atoms with E-state index < -0.39 is 35.2 Å². The van der Waals surface area contributed by atoms with Gasteiger partial charge in [0.2, 0.25) is 0 Å². The number of urea groups is 1. The van der Waals surface area contributed by atoms with Crippen LogP contribution in [0, 0.1) is 11.6 Å². The van der Waals surface area contributed by atoms with Gasteiger partial charge in [-0.1, -0.05) is 6.07 Å². The van der Waals surface area contributed by atoms with Crippen LogP contribution in [0.4, 0.5) is 13.6 Å². The highest BCUT2D eigenvalue weighted by Crippen LogP contribution is 2.33. The van der Waals surface area contributed by atoms with Crippen molar-refractivity contribution in [3.63, 3.8) is 0 Å². The van der Waals surface area contributed by atoms with Crippen LogP contribution in [0.5, 0.6) is 0 Å². The summed E-state index contributed by atoms with van der Waals surface area (Å²) in [4.78, 5) is 26.0. The molecule has 0 saturated carbocycles. The van der Waals surface area contributed by atoms with Gasteiger partial charge < -0.3 is 14.8 Å². The molecule has 6 nitrogen and oxygen atoms in total. The molecule has 0 aliphatic carbocycles. The van der Waals surface area contributed by atoms with Crippen LogP contribution in [0.2, 0.25) is 0 Å². The molecular weight excluding hydrogens is 334 g/mol. The third kappa shape index (κ3) is 3.79. The summed E-state index contributed by atoms with van der Waals surface area (Å²) in [5.74, 6) is -2.48. The molecule has 2 amide bonds. The molecule has 1 heterocycles. The van der Waals surface area contributed by atoms with E-state index in [-0.39, 0.29) is 18.8 Å². The maximum Gasteiger partial charge on any atom is 0.338 e. The highest BCUT2D eigenvalue weighted by molar-refractivity contribution is 5.95. The predicted octanol–water partition coefficient (Wildman–Crippen LogP) is 2.51. The first kappa shape index (κ1) is 18.9. The zero-order valence-corrected chi connectivity index (χ0v) is 14.3. The molecule has 0 fully saturated rings. The largest absolute Gasteiger partial charge is 0.460 e. The molecule has 1 N–H and O–H groups in total. The van der Waals surface area contributed by atoms with Gasteiger partial charge in [-0.3, -0.25) is 4.90 Å². The minimum Gasteiger partial charge on any atom is -0.460 e. The summed E-state index contributed by atoms with van der Waals surface area (Å²) in [7, 11) is 1.45. The number of ether oxygens (including phenoxy) is 2. The van der Waals surface area contributed by atoms with E-state index in [4.69, 9.17) is 9.47 Å². The average molecular weight is 354 g/mol. The molecule has 0 spiro atoms. The molecule has 1 aliphatic rings. The summed E-state index contributed by atoms with van der Waals surface area (Å²) in [6.45, 7) is 3.72. The van der Waals surface area contributed by atoms with Crippen LogP contribution in [-0.2, 0) is 14.3 Å². The number of nitrogens with one attached hydrogen (secondary N) is 1. The minimum atomic E-state index is -1.27. The minimum absolute atomic E-state index is 0.0125. The molecule has 0 unspecified atom stereocenters. The number of hydrogen-bond donors (Lipinski definition) is 1. The highest BCUT2D eigenvalue weighted by atomic mass is 19.1. The zero-order chi connectivity index (χ0) is 18.6. The van der Waals surface area contributed by atoms with Gasteiger partial charge in [0.05, 0.1) is 23.8 Å². The smallest absolute Gasteiger partial charge is 0.338 e. The van der Waals surface area contributed by atoms with Gasteiger partial charge >= 0.3 is 12.0 Å². The van der Waals surface area contributed by atoms with Crippen molar-refractivity contribution >= 4 is 12.0 Å². The Kier molecular flexibility index (Phi) is 6.08. The number of hydrogen-bond acceptors (Lipinski definition) is 4. The van der Waals surface area contributed by atoms with E-state index in [0.29, 0.717) is 12.2 Å². The van der Waals surface area contributed by atoms with Gasteiger partial charge in [-0.05, 0) is 26.0 Å². The summed E-state index contributed by atoms with van der Waals surface area (Å²) in [5, 5.41) is 2.48. The van der Waals surface area contributed by atoms with Crippen molar-refractivity contribution in [3.05, 3.63) is 46.7 Å². The van der Waals surface area contributed by atoms with Crippen molar-refractivity contribution in [2.45, 2.75) is 19.9 Å². The van der Waals surface area contributed by atoms with E-state index in [1.165, 1.54) is 18.1 Å². The van der Waals surface area contributed by atoms with Crippen molar-refractivity contribution in [2.75, 3.05) is 26.9 Å². The number of nitrogens with zero attached hydrogens (tertiary/aromatic N) is 1. The van der Waals surface area contributed by atoms with Crippen molar-refractivity contribution in [2.24, 2.45) is 0 Å². The Bertz CT molecular complexity index is 686. The Morgan fingerprint density at radius 1 is 1.28 bits per heavy atom. The Hall–Kier alpha value is -2.48. The number of carbonyl (C=O) groups excluding carboxylic acids is 2. The van der Waals surface area contributed by atoms with Crippen LogP contribution in [0.3, 0.4) is 0 Å². The van der Waals surface area contributed by atoms with Crippen molar-refractivity contribution in [3.8, 4) is 0 Å². The maximum atomic E-state index is 14.2. The molecule has 25 heavy (non-hydrogen) atoms. The lowest BCUT2D eigenvalue weighted by Crippen LogP contribution is -2.48. The number of carbonyl (C=O) groups is 2. The van der Waals surface area contributed by atoms with Crippen LogP contribution in [0.1, 0.15) is 25.5 Å². The molecule has 1 aromatic carbocycles. The second kappa shape index (κ2) is 8.06. The Balaban J connectivity index is 2.50. The number of methoxy groups -OCH3 is 1. The molecule has 1 aliphatic heterocycles. The van der Waals surface area contributed by atoms with Gasteiger partial charge in [0.15, 0.2) is 0 Å². The Morgan fingerprint density at radius 2 is 1.92 bits per heavy atom. The number of halogens is 2. The van der Waals surface area contributed by atoms with E-state index in [1.54, 1.807) is 13.8 Å². The van der Waals surface area contributed by atoms with Crippen LogP contribution in [0.25, 0.3) is 0 Å². The SMILES string of the molecule is CCN1C(=O)N[C@@H](c2c(F)cccc2F)C(C(=O)OCCOC)=C1C. The molecule has 0 aromatic heterocycles. The molecule has 0 saturated heterocycles. The second-order valence-corrected chi connectivity index (χ2v) is 5.39. The van der Waals surface area contributed by atoms with E-state index in [9.17, 15) is 18.4 Å². The molecule has 136 valence electrons. The number of benzene rings is 1. The van der Waals surface area contributed by atoms with Gasteiger partial charge in [0, 0.05) is 19.4 Å². The fourth-order valence-electron chi connectivity index (χ4n) is 2.72. The first-order valence-corrected chi connectivity index (χ1v) is 7.81. The van der Waals surface area contributed by atoms with Crippen LogP contribution in [-0.4, -0.2) is 43.8 Å². The van der Waals surface area contributed by atoms with Crippen LogP contribution < -0.4 is 5.32 Å². The molecule has 8 heteroatoms. The third-order valence-corrected chi connectivity index (χ3v) is 3.94. The number of rotatable bonds is 6. The van der Waals surface area contributed by atoms with Gasteiger partial charge in [0.1, 0.15) is 18.2 Å². The third-order valence-electron chi connectivity index (χ3n) is 3.94. The van der Waals surface area contributed by atoms with Crippen molar-refractivity contribution < 1.29 is 27.8 Å². The van der Waals surface area contributed by atoms with Crippen LogP contribution >= 0.6 is 0 Å². The van der Waals surface area contributed by atoms with Gasteiger partial charge in [-0.25, -0.2) is 18.4 Å². The van der Waals surface area contributed by atoms with Gasteiger partial charge in [-0.15, -0.1) is 0 Å².